The van der Waals surface area contributed by atoms with E-state index in [0.717, 1.165) is 54.7 Å². The third kappa shape index (κ3) is 4.47. The topological polar surface area (TPSA) is 65.5 Å². The number of likely N-dealkylation sites (N-methyl/N-ethyl adjacent to an activating group) is 1. The molecule has 0 aliphatic carbocycles. The maximum Gasteiger partial charge on any atom is 0.338 e. The first-order valence-electron chi connectivity index (χ1n) is 11.1. The maximum atomic E-state index is 13.2. The highest BCUT2D eigenvalue weighted by atomic mass is 32.2. The predicted octanol–water partition coefficient (Wildman–Crippen LogP) is 3.38. The Morgan fingerprint density at radius 1 is 1.16 bits per heavy atom. The Labute approximate surface area is 193 Å². The number of carbonyl (C=O) groups excluding carboxylic acids is 2. The fraction of sp³-hybridized carbons (Fsp3) is 0.458. The van der Waals surface area contributed by atoms with E-state index in [0.29, 0.717) is 12.0 Å². The molecule has 3 aliphatic rings. The number of methoxy groups -OCH3 is 1. The van der Waals surface area contributed by atoms with Gasteiger partial charge in [-0.15, -0.1) is 0 Å². The van der Waals surface area contributed by atoms with Crippen LogP contribution in [0, 0.1) is 0 Å². The summed E-state index contributed by atoms with van der Waals surface area (Å²) in [7, 11) is 3.50. The summed E-state index contributed by atoms with van der Waals surface area (Å²) in [6, 6.07) is 9.54. The van der Waals surface area contributed by atoms with Gasteiger partial charge in [0.1, 0.15) is 0 Å². The third-order valence-corrected chi connectivity index (χ3v) is 7.04. The van der Waals surface area contributed by atoms with Crippen LogP contribution in [0.25, 0.3) is 0 Å². The SMILES string of the molecule is CCC1=C(C(=O)OC)C(c2ccccc2)N2C(CC(=O)N3CCCN(C)CC3)=CSC2=N1. The lowest BCUT2D eigenvalue weighted by molar-refractivity contribution is -0.136. The normalized spacial score (nSPS) is 21.7. The Hall–Kier alpha value is -2.58. The van der Waals surface area contributed by atoms with Gasteiger partial charge in [-0.05, 0) is 37.4 Å². The first-order valence-corrected chi connectivity index (χ1v) is 12.0. The van der Waals surface area contributed by atoms with Crippen LogP contribution in [0.2, 0.25) is 0 Å². The van der Waals surface area contributed by atoms with Crippen molar-refractivity contribution in [3.63, 3.8) is 0 Å². The van der Waals surface area contributed by atoms with Gasteiger partial charge in [-0.25, -0.2) is 9.79 Å². The van der Waals surface area contributed by atoms with E-state index in [1.807, 2.05) is 52.5 Å². The quantitative estimate of drug-likeness (QED) is 0.636. The van der Waals surface area contributed by atoms with E-state index < -0.39 is 0 Å². The van der Waals surface area contributed by atoms with Gasteiger partial charge in [-0.1, -0.05) is 49.0 Å². The van der Waals surface area contributed by atoms with Crippen LogP contribution >= 0.6 is 11.8 Å². The van der Waals surface area contributed by atoms with Crippen molar-refractivity contribution in [2.75, 3.05) is 40.3 Å². The van der Waals surface area contributed by atoms with E-state index in [-0.39, 0.29) is 24.3 Å². The van der Waals surface area contributed by atoms with Crippen molar-refractivity contribution in [1.82, 2.24) is 14.7 Å². The Morgan fingerprint density at radius 3 is 2.66 bits per heavy atom. The zero-order chi connectivity index (χ0) is 22.7. The Bertz CT molecular complexity index is 973. The van der Waals surface area contributed by atoms with Gasteiger partial charge in [0.25, 0.3) is 0 Å². The highest BCUT2D eigenvalue weighted by molar-refractivity contribution is 8.16. The number of amides is 1. The van der Waals surface area contributed by atoms with Crippen molar-refractivity contribution in [3.05, 3.63) is 58.3 Å². The molecule has 170 valence electrons. The van der Waals surface area contributed by atoms with Gasteiger partial charge in [0, 0.05) is 25.3 Å². The number of hydrogen-bond donors (Lipinski definition) is 0. The van der Waals surface area contributed by atoms with Gasteiger partial charge in [0.15, 0.2) is 5.17 Å². The molecule has 0 aromatic heterocycles. The molecule has 8 heteroatoms. The third-order valence-electron chi connectivity index (χ3n) is 6.15. The summed E-state index contributed by atoms with van der Waals surface area (Å²) in [5.41, 5.74) is 3.13. The molecule has 3 aliphatic heterocycles. The summed E-state index contributed by atoms with van der Waals surface area (Å²) >= 11 is 1.52. The first kappa shape index (κ1) is 22.6. The number of hydrogen-bond acceptors (Lipinski definition) is 7. The van der Waals surface area contributed by atoms with Crippen molar-refractivity contribution in [2.24, 2.45) is 4.99 Å². The zero-order valence-corrected chi connectivity index (χ0v) is 19.7. The van der Waals surface area contributed by atoms with Crippen LogP contribution in [0.1, 0.15) is 37.8 Å². The smallest absolute Gasteiger partial charge is 0.338 e. The van der Waals surface area contributed by atoms with Crippen LogP contribution in [-0.2, 0) is 14.3 Å². The fourth-order valence-electron chi connectivity index (χ4n) is 4.43. The molecule has 1 aromatic rings. The molecule has 0 radical (unpaired) electrons. The summed E-state index contributed by atoms with van der Waals surface area (Å²) < 4.78 is 5.16. The molecule has 1 saturated heterocycles. The van der Waals surface area contributed by atoms with E-state index in [4.69, 9.17) is 9.73 Å². The molecule has 4 rings (SSSR count). The van der Waals surface area contributed by atoms with Crippen molar-refractivity contribution < 1.29 is 14.3 Å². The van der Waals surface area contributed by atoms with Crippen LogP contribution in [0.4, 0.5) is 0 Å². The number of fused-ring (bicyclic) bond motifs is 1. The van der Waals surface area contributed by atoms with E-state index in [1.54, 1.807) is 0 Å². The molecule has 1 aromatic carbocycles. The van der Waals surface area contributed by atoms with Crippen LogP contribution in [-0.4, -0.2) is 72.1 Å². The summed E-state index contributed by atoms with van der Waals surface area (Å²) in [5, 5.41) is 2.81. The molecule has 1 amide bonds. The second-order valence-corrected chi connectivity index (χ2v) is 9.06. The van der Waals surface area contributed by atoms with Crippen molar-refractivity contribution >= 4 is 28.8 Å². The van der Waals surface area contributed by atoms with Crippen molar-refractivity contribution in [3.8, 4) is 0 Å². The lowest BCUT2D eigenvalue weighted by atomic mass is 9.93. The minimum Gasteiger partial charge on any atom is -0.466 e. The van der Waals surface area contributed by atoms with Gasteiger partial charge in [-0.3, -0.25) is 4.79 Å². The van der Waals surface area contributed by atoms with Gasteiger partial charge >= 0.3 is 5.97 Å². The number of rotatable bonds is 5. The van der Waals surface area contributed by atoms with Crippen LogP contribution in [0.3, 0.4) is 0 Å². The number of thioether (sulfide) groups is 1. The standard InChI is InChI=1S/C24H30N4O3S/c1-4-19-21(23(30)31-3)22(17-9-6-5-7-10-17)28-18(16-32-24(28)25-19)15-20(29)27-12-8-11-26(2)13-14-27/h5-7,9-10,16,22H,4,8,11-15H2,1-3H3. The van der Waals surface area contributed by atoms with E-state index in [1.165, 1.54) is 18.9 Å². The second-order valence-electron chi connectivity index (χ2n) is 8.22. The highest BCUT2D eigenvalue weighted by Crippen LogP contribution is 2.45. The average Bonchev–Trinajstić information content (AvgIpc) is 3.07. The molecule has 0 N–H and O–H groups in total. The van der Waals surface area contributed by atoms with Gasteiger partial charge in [-0.2, -0.15) is 0 Å². The molecular formula is C24H30N4O3S. The molecule has 0 bridgehead atoms. The molecule has 32 heavy (non-hydrogen) atoms. The lowest BCUT2D eigenvalue weighted by Gasteiger charge is -2.37. The fourth-order valence-corrected chi connectivity index (χ4v) is 5.36. The number of aliphatic imine (C=N–C) groups is 1. The van der Waals surface area contributed by atoms with Crippen LogP contribution in [0.15, 0.2) is 57.7 Å². The van der Waals surface area contributed by atoms with Crippen molar-refractivity contribution in [1.29, 1.82) is 0 Å². The number of nitrogens with zero attached hydrogens (tertiary/aromatic N) is 4. The number of ether oxygens (including phenoxy) is 1. The molecule has 3 heterocycles. The number of carbonyl (C=O) groups is 2. The number of esters is 1. The van der Waals surface area contributed by atoms with Gasteiger partial charge in [0.2, 0.25) is 5.91 Å². The Morgan fingerprint density at radius 2 is 1.94 bits per heavy atom. The van der Waals surface area contributed by atoms with Crippen LogP contribution < -0.4 is 0 Å². The first-order chi connectivity index (χ1) is 15.5. The van der Waals surface area contributed by atoms with Crippen LogP contribution in [0.5, 0.6) is 0 Å². The summed E-state index contributed by atoms with van der Waals surface area (Å²) in [4.78, 5) is 37.1. The molecule has 7 nitrogen and oxygen atoms in total. The molecule has 0 spiro atoms. The van der Waals surface area contributed by atoms with Gasteiger partial charge < -0.3 is 19.4 Å². The molecule has 1 unspecified atom stereocenters. The minimum atomic E-state index is -0.378. The molecule has 0 saturated carbocycles. The predicted molar refractivity (Wildman–Crippen MR) is 127 cm³/mol. The molecule has 1 fully saturated rings. The second kappa shape index (κ2) is 9.92. The average molecular weight is 455 g/mol. The minimum absolute atomic E-state index is 0.116. The van der Waals surface area contributed by atoms with Gasteiger partial charge in [0.05, 0.1) is 30.8 Å². The monoisotopic (exact) mass is 454 g/mol. The summed E-state index contributed by atoms with van der Waals surface area (Å²) in [5.74, 6) is -0.262. The lowest BCUT2D eigenvalue weighted by Crippen LogP contribution is -2.39. The Kier molecular flexibility index (Phi) is 7.01. The summed E-state index contributed by atoms with van der Waals surface area (Å²) in [6.07, 6.45) is 1.89. The molecule has 1 atom stereocenters. The zero-order valence-electron chi connectivity index (χ0n) is 18.9. The highest BCUT2D eigenvalue weighted by Gasteiger charge is 2.41. The van der Waals surface area contributed by atoms with E-state index in [9.17, 15) is 9.59 Å². The molecular weight excluding hydrogens is 424 g/mol. The largest absolute Gasteiger partial charge is 0.466 e. The van der Waals surface area contributed by atoms with E-state index >= 15 is 0 Å². The Balaban J connectivity index is 1.65. The number of amidine groups is 1. The van der Waals surface area contributed by atoms with Crippen molar-refractivity contribution in [2.45, 2.75) is 32.2 Å². The van der Waals surface area contributed by atoms with E-state index in [2.05, 4.69) is 11.9 Å². The summed E-state index contributed by atoms with van der Waals surface area (Å²) in [6.45, 7) is 5.41. The number of allylic oxidation sites excluding steroid dienone is 1. The maximum absolute atomic E-state index is 13.2. The number of benzene rings is 1.